The third kappa shape index (κ3) is 14.1. The van der Waals surface area contributed by atoms with E-state index in [0.717, 1.165) is 19.3 Å². The summed E-state index contributed by atoms with van der Waals surface area (Å²) in [6.07, 6.45) is 21.0. The molecule has 1 aromatic carbocycles. The molecule has 0 aliphatic rings. The minimum absolute atomic E-state index is 0.336. The molecule has 0 aliphatic heterocycles. The molecule has 32 heavy (non-hydrogen) atoms. The Morgan fingerprint density at radius 1 is 0.688 bits per heavy atom. The number of esters is 2. The Morgan fingerprint density at radius 3 is 1.72 bits per heavy atom. The van der Waals surface area contributed by atoms with Gasteiger partial charge in [0.05, 0.1) is 24.3 Å². The van der Waals surface area contributed by atoms with Gasteiger partial charge in [-0.3, -0.25) is 0 Å². The smallest absolute Gasteiger partial charge is 0.338 e. The van der Waals surface area contributed by atoms with Crippen molar-refractivity contribution >= 4 is 11.9 Å². The fourth-order valence-corrected chi connectivity index (χ4v) is 3.55. The highest BCUT2D eigenvalue weighted by Crippen LogP contribution is 2.13. The van der Waals surface area contributed by atoms with Crippen molar-refractivity contribution in [2.24, 2.45) is 0 Å². The molecular weight excluding hydrogens is 400 g/mol. The van der Waals surface area contributed by atoms with E-state index in [0.29, 0.717) is 30.8 Å². The highest BCUT2D eigenvalue weighted by atomic mass is 16.5. The quantitative estimate of drug-likeness (QED) is 0.123. The monoisotopic (exact) mass is 444 g/mol. The molecule has 0 heterocycles. The van der Waals surface area contributed by atoms with E-state index in [-0.39, 0.29) is 5.97 Å². The summed E-state index contributed by atoms with van der Waals surface area (Å²) >= 11 is 0. The first-order valence-corrected chi connectivity index (χ1v) is 12.8. The topological polar surface area (TPSA) is 52.6 Å². The lowest BCUT2D eigenvalue weighted by Crippen LogP contribution is -2.10. The number of ether oxygens (including phenoxy) is 2. The maximum Gasteiger partial charge on any atom is 0.338 e. The van der Waals surface area contributed by atoms with Gasteiger partial charge in [-0.25, -0.2) is 9.59 Å². The molecule has 0 fully saturated rings. The summed E-state index contributed by atoms with van der Waals surface area (Å²) in [5.74, 6) is -0.792. The number of unbranched alkanes of at least 4 members (excludes halogenated alkanes) is 11. The van der Waals surface area contributed by atoms with E-state index in [4.69, 9.17) is 9.47 Å². The maximum atomic E-state index is 12.3. The van der Waals surface area contributed by atoms with Gasteiger partial charge in [0.1, 0.15) is 0 Å². The van der Waals surface area contributed by atoms with Crippen LogP contribution in [0.1, 0.15) is 124 Å². The molecule has 0 unspecified atom stereocenters. The van der Waals surface area contributed by atoms with Crippen LogP contribution in [0.3, 0.4) is 0 Å². The average molecular weight is 445 g/mol. The molecule has 0 bridgehead atoms. The summed E-state index contributed by atoms with van der Waals surface area (Å²) in [4.78, 5) is 24.4. The lowest BCUT2D eigenvalue weighted by atomic mass is 10.1. The van der Waals surface area contributed by atoms with Crippen LogP contribution in [0.4, 0.5) is 0 Å². The van der Waals surface area contributed by atoms with Crippen LogP contribution in [0.5, 0.6) is 0 Å². The lowest BCUT2D eigenvalue weighted by Gasteiger charge is -2.07. The number of hydrogen-bond acceptors (Lipinski definition) is 4. The first-order chi connectivity index (χ1) is 15.7. The Balaban J connectivity index is 2.12. The molecule has 0 spiro atoms. The van der Waals surface area contributed by atoms with Gasteiger partial charge in [0.15, 0.2) is 0 Å². The molecule has 0 N–H and O–H groups in total. The summed E-state index contributed by atoms with van der Waals surface area (Å²) in [7, 11) is 0. The van der Waals surface area contributed by atoms with E-state index in [1.807, 2.05) is 12.2 Å². The van der Waals surface area contributed by atoms with Crippen LogP contribution in [0.2, 0.25) is 0 Å². The van der Waals surface area contributed by atoms with Gasteiger partial charge >= 0.3 is 11.9 Å². The Labute approximate surface area is 195 Å². The van der Waals surface area contributed by atoms with Crippen LogP contribution in [-0.2, 0) is 9.47 Å². The van der Waals surface area contributed by atoms with Crippen molar-refractivity contribution in [2.45, 2.75) is 104 Å². The van der Waals surface area contributed by atoms with Crippen LogP contribution < -0.4 is 0 Å². The average Bonchev–Trinajstić information content (AvgIpc) is 2.81. The number of carbonyl (C=O) groups excluding carboxylic acids is 2. The van der Waals surface area contributed by atoms with Gasteiger partial charge in [0, 0.05) is 0 Å². The minimum Gasteiger partial charge on any atom is -0.462 e. The summed E-state index contributed by atoms with van der Waals surface area (Å²) in [6.45, 7) is 5.08. The van der Waals surface area contributed by atoms with Crippen molar-refractivity contribution in [2.75, 3.05) is 13.2 Å². The van der Waals surface area contributed by atoms with Crippen LogP contribution in [0.15, 0.2) is 36.4 Å². The lowest BCUT2D eigenvalue weighted by molar-refractivity contribution is 0.0497. The zero-order valence-electron chi connectivity index (χ0n) is 20.4. The van der Waals surface area contributed by atoms with Crippen molar-refractivity contribution in [3.05, 3.63) is 47.5 Å². The molecule has 0 saturated carbocycles. The number of benzene rings is 1. The zero-order chi connectivity index (χ0) is 23.3. The maximum absolute atomic E-state index is 12.3. The number of allylic oxidation sites excluding steroid dienone is 1. The van der Waals surface area contributed by atoms with E-state index in [1.165, 1.54) is 64.2 Å². The number of rotatable bonds is 19. The molecule has 180 valence electrons. The summed E-state index contributed by atoms with van der Waals surface area (Å²) in [6, 6.07) is 6.57. The Kier molecular flexibility index (Phi) is 17.1. The van der Waals surface area contributed by atoms with Gasteiger partial charge in [-0.1, -0.05) is 103 Å². The van der Waals surface area contributed by atoms with Gasteiger partial charge in [0.25, 0.3) is 0 Å². The highest BCUT2D eigenvalue weighted by Gasteiger charge is 2.12. The predicted octanol–water partition coefficient (Wildman–Crippen LogP) is 8.06. The zero-order valence-corrected chi connectivity index (χ0v) is 20.4. The molecule has 0 atom stereocenters. The van der Waals surface area contributed by atoms with E-state index in [9.17, 15) is 9.59 Å². The third-order valence-electron chi connectivity index (χ3n) is 5.49. The first kappa shape index (κ1) is 27.9. The second-order valence-corrected chi connectivity index (χ2v) is 8.41. The normalized spacial score (nSPS) is 11.1. The fraction of sp³-hybridized carbons (Fsp3) is 0.643. The van der Waals surface area contributed by atoms with Gasteiger partial charge in [0.2, 0.25) is 0 Å². The van der Waals surface area contributed by atoms with Crippen LogP contribution in [0.25, 0.3) is 0 Å². The molecule has 0 radical (unpaired) electrons. The van der Waals surface area contributed by atoms with Gasteiger partial charge in [-0.2, -0.15) is 0 Å². The van der Waals surface area contributed by atoms with Crippen molar-refractivity contribution in [3.63, 3.8) is 0 Å². The molecular formula is C28H44O4. The highest BCUT2D eigenvalue weighted by molar-refractivity contribution is 5.95. The second kappa shape index (κ2) is 19.6. The van der Waals surface area contributed by atoms with Gasteiger partial charge in [-0.05, 0) is 37.5 Å². The Bertz CT molecular complexity index is 651. The van der Waals surface area contributed by atoms with Crippen LogP contribution >= 0.6 is 0 Å². The van der Waals surface area contributed by atoms with Crippen molar-refractivity contribution in [3.8, 4) is 0 Å². The van der Waals surface area contributed by atoms with E-state index in [1.54, 1.807) is 24.3 Å². The second-order valence-electron chi connectivity index (χ2n) is 8.41. The summed E-state index contributed by atoms with van der Waals surface area (Å²) < 4.78 is 10.6. The molecule has 4 nitrogen and oxygen atoms in total. The van der Waals surface area contributed by atoms with Crippen LogP contribution in [-0.4, -0.2) is 25.2 Å². The standard InChI is InChI=1S/C28H44O4/c1-3-5-7-9-10-11-12-13-14-15-16-18-23-32-28(30)26-21-19-20-25(24-26)27(29)31-22-17-8-6-4-2/h6,8,19-21,24H,3-5,7,9-18,22-23H2,1-2H3/b8-6-. The fourth-order valence-electron chi connectivity index (χ4n) is 3.55. The third-order valence-corrected chi connectivity index (χ3v) is 5.49. The van der Waals surface area contributed by atoms with Gasteiger partial charge in [-0.15, -0.1) is 0 Å². The van der Waals surface area contributed by atoms with Crippen LogP contribution in [0, 0.1) is 0 Å². The van der Waals surface area contributed by atoms with E-state index >= 15 is 0 Å². The molecule has 0 aliphatic carbocycles. The number of carbonyl (C=O) groups is 2. The predicted molar refractivity (Wildman–Crippen MR) is 132 cm³/mol. The molecule has 4 heteroatoms. The van der Waals surface area contributed by atoms with Crippen molar-refractivity contribution in [1.29, 1.82) is 0 Å². The van der Waals surface area contributed by atoms with Crippen molar-refractivity contribution in [1.82, 2.24) is 0 Å². The Hall–Kier alpha value is -2.10. The van der Waals surface area contributed by atoms with Crippen molar-refractivity contribution < 1.29 is 19.1 Å². The van der Waals surface area contributed by atoms with E-state index in [2.05, 4.69) is 13.8 Å². The number of hydrogen-bond donors (Lipinski definition) is 0. The Morgan fingerprint density at radius 2 is 1.19 bits per heavy atom. The summed E-state index contributed by atoms with van der Waals surface area (Å²) in [5.41, 5.74) is 0.772. The SMILES string of the molecule is CC/C=C\CCOC(=O)c1cccc(C(=O)OCCCCCCCCCCCCCC)c1. The van der Waals surface area contributed by atoms with E-state index < -0.39 is 5.97 Å². The largest absolute Gasteiger partial charge is 0.462 e. The molecule has 1 rings (SSSR count). The summed E-state index contributed by atoms with van der Waals surface area (Å²) in [5, 5.41) is 0. The molecule has 0 aromatic heterocycles. The molecule has 0 amide bonds. The molecule has 0 saturated heterocycles. The minimum atomic E-state index is -0.412. The van der Waals surface area contributed by atoms with Gasteiger partial charge < -0.3 is 9.47 Å². The first-order valence-electron chi connectivity index (χ1n) is 12.8. The molecule has 1 aromatic rings.